The molecule has 0 saturated heterocycles. The lowest BCUT2D eigenvalue weighted by Gasteiger charge is -2.18. The molecule has 124 valence electrons. The average Bonchev–Trinajstić information content (AvgIpc) is 2.96. The number of methoxy groups -OCH3 is 1. The smallest absolute Gasteiger partial charge is 0.313 e. The minimum Gasteiger partial charge on any atom is -0.469 e. The number of carbonyl (C=O) groups is 2. The van der Waals surface area contributed by atoms with Crippen molar-refractivity contribution in [3.05, 3.63) is 65.2 Å². The molecule has 1 amide bonds. The summed E-state index contributed by atoms with van der Waals surface area (Å²) in [5.74, 6) is -0.439. The van der Waals surface area contributed by atoms with Crippen LogP contribution in [0.3, 0.4) is 0 Å². The molecular formula is C20H21NO3. The number of anilines is 1. The van der Waals surface area contributed by atoms with Gasteiger partial charge in [-0.1, -0.05) is 43.7 Å². The molecule has 0 spiro atoms. The van der Waals surface area contributed by atoms with Crippen LogP contribution in [0.25, 0.3) is 0 Å². The molecule has 1 heterocycles. The van der Waals surface area contributed by atoms with Gasteiger partial charge in [0, 0.05) is 11.3 Å². The predicted octanol–water partition coefficient (Wildman–Crippen LogP) is 3.90. The second-order valence-corrected chi connectivity index (χ2v) is 6.00. The van der Waals surface area contributed by atoms with Gasteiger partial charge in [0.1, 0.15) is 0 Å². The number of benzene rings is 2. The number of hydrogen-bond acceptors (Lipinski definition) is 3. The molecule has 0 saturated carbocycles. The Bertz CT molecular complexity index is 752. The highest BCUT2D eigenvalue weighted by atomic mass is 16.5. The van der Waals surface area contributed by atoms with Gasteiger partial charge in [-0.05, 0) is 35.7 Å². The van der Waals surface area contributed by atoms with Crippen molar-refractivity contribution in [2.45, 2.75) is 32.2 Å². The summed E-state index contributed by atoms with van der Waals surface area (Å²) in [6, 6.07) is 15.3. The molecule has 1 aliphatic heterocycles. The molecule has 0 radical (unpaired) electrons. The molecule has 0 fully saturated rings. The summed E-state index contributed by atoms with van der Waals surface area (Å²) >= 11 is 0. The highest BCUT2D eigenvalue weighted by molar-refractivity contribution is 6.09. The summed E-state index contributed by atoms with van der Waals surface area (Å²) in [7, 11) is 1.42. The molecule has 0 bridgehead atoms. The third-order valence-electron chi connectivity index (χ3n) is 4.49. The zero-order chi connectivity index (χ0) is 17.1. The van der Waals surface area contributed by atoms with Crippen LogP contribution in [0.1, 0.15) is 47.2 Å². The second kappa shape index (κ2) is 6.87. The summed E-state index contributed by atoms with van der Waals surface area (Å²) < 4.78 is 4.91. The second-order valence-electron chi connectivity index (χ2n) is 6.00. The van der Waals surface area contributed by atoms with E-state index >= 15 is 0 Å². The van der Waals surface area contributed by atoms with Crippen molar-refractivity contribution in [2.75, 3.05) is 12.0 Å². The van der Waals surface area contributed by atoms with E-state index in [9.17, 15) is 9.59 Å². The average molecular weight is 323 g/mol. The Balaban J connectivity index is 1.83. The number of rotatable bonds is 5. The largest absolute Gasteiger partial charge is 0.469 e. The Morgan fingerprint density at radius 1 is 1.17 bits per heavy atom. The van der Waals surface area contributed by atoms with Crippen molar-refractivity contribution in [2.24, 2.45) is 0 Å². The van der Waals surface area contributed by atoms with Gasteiger partial charge in [-0.25, -0.2) is 0 Å². The lowest BCUT2D eigenvalue weighted by molar-refractivity contribution is -0.142. The van der Waals surface area contributed by atoms with Gasteiger partial charge in [0.25, 0.3) is 5.91 Å². The maximum absolute atomic E-state index is 12.5. The molecule has 4 nitrogen and oxygen atoms in total. The van der Waals surface area contributed by atoms with Gasteiger partial charge in [0.05, 0.1) is 19.6 Å². The summed E-state index contributed by atoms with van der Waals surface area (Å²) in [5, 5.41) is 0. The maximum Gasteiger partial charge on any atom is 0.313 e. The summed E-state index contributed by atoms with van der Waals surface area (Å²) in [6.07, 6.45) is 1.65. The standard InChI is InChI=1S/C20H21NO3/c1-3-6-18(20(23)24-2)14-9-11-16(12-10-14)21-13-15-7-4-5-8-17(15)19(21)22/h4-5,7-12,18H,3,6,13H2,1-2H3. The fraction of sp³-hybridized carbons (Fsp3) is 0.300. The Morgan fingerprint density at radius 2 is 1.88 bits per heavy atom. The molecule has 2 aromatic rings. The number of esters is 1. The van der Waals surface area contributed by atoms with E-state index in [-0.39, 0.29) is 17.8 Å². The highest BCUT2D eigenvalue weighted by Crippen LogP contribution is 2.30. The minimum absolute atomic E-state index is 0.0245. The van der Waals surface area contributed by atoms with E-state index in [4.69, 9.17) is 4.74 Å². The Hall–Kier alpha value is -2.62. The van der Waals surface area contributed by atoms with Gasteiger partial charge in [0.15, 0.2) is 0 Å². The number of fused-ring (bicyclic) bond motifs is 1. The Morgan fingerprint density at radius 3 is 2.50 bits per heavy atom. The first-order valence-electron chi connectivity index (χ1n) is 8.23. The van der Waals surface area contributed by atoms with E-state index < -0.39 is 0 Å². The lowest BCUT2D eigenvalue weighted by atomic mass is 9.94. The lowest BCUT2D eigenvalue weighted by Crippen LogP contribution is -2.23. The quantitative estimate of drug-likeness (QED) is 0.784. The number of nitrogens with zero attached hydrogens (tertiary/aromatic N) is 1. The van der Waals surface area contributed by atoms with Gasteiger partial charge in [-0.2, -0.15) is 0 Å². The van der Waals surface area contributed by atoms with Crippen molar-refractivity contribution in [1.82, 2.24) is 0 Å². The van der Waals surface area contributed by atoms with Crippen LogP contribution in [0.15, 0.2) is 48.5 Å². The number of ether oxygens (including phenoxy) is 1. The third-order valence-corrected chi connectivity index (χ3v) is 4.49. The molecular weight excluding hydrogens is 302 g/mol. The topological polar surface area (TPSA) is 46.6 Å². The van der Waals surface area contributed by atoms with Gasteiger partial charge >= 0.3 is 5.97 Å². The van der Waals surface area contributed by atoms with E-state index in [1.54, 1.807) is 4.90 Å². The van der Waals surface area contributed by atoms with E-state index in [1.807, 2.05) is 55.5 Å². The monoisotopic (exact) mass is 323 g/mol. The van der Waals surface area contributed by atoms with Crippen molar-refractivity contribution in [3.8, 4) is 0 Å². The molecule has 1 unspecified atom stereocenters. The number of carbonyl (C=O) groups excluding carboxylic acids is 2. The zero-order valence-electron chi connectivity index (χ0n) is 14.0. The SMILES string of the molecule is CCCC(C(=O)OC)c1ccc(N2Cc3ccccc3C2=O)cc1. The van der Waals surface area contributed by atoms with Gasteiger partial charge < -0.3 is 9.64 Å². The van der Waals surface area contributed by atoms with Crippen LogP contribution in [-0.4, -0.2) is 19.0 Å². The van der Waals surface area contributed by atoms with Crippen LogP contribution < -0.4 is 4.90 Å². The van der Waals surface area contributed by atoms with Gasteiger partial charge in [-0.3, -0.25) is 9.59 Å². The van der Waals surface area contributed by atoms with Crippen LogP contribution in [0, 0.1) is 0 Å². The zero-order valence-corrected chi connectivity index (χ0v) is 14.0. The molecule has 0 N–H and O–H groups in total. The normalized spacial score (nSPS) is 14.4. The van der Waals surface area contributed by atoms with Crippen molar-refractivity contribution < 1.29 is 14.3 Å². The molecule has 1 atom stereocenters. The van der Waals surface area contributed by atoms with E-state index in [0.717, 1.165) is 35.2 Å². The molecule has 24 heavy (non-hydrogen) atoms. The first-order chi connectivity index (χ1) is 11.7. The molecule has 0 aromatic heterocycles. The highest BCUT2D eigenvalue weighted by Gasteiger charge is 2.28. The van der Waals surface area contributed by atoms with Crippen molar-refractivity contribution >= 4 is 17.6 Å². The van der Waals surface area contributed by atoms with Gasteiger partial charge in [0.2, 0.25) is 0 Å². The molecule has 0 aliphatic carbocycles. The van der Waals surface area contributed by atoms with Crippen LogP contribution in [0.5, 0.6) is 0 Å². The first-order valence-corrected chi connectivity index (χ1v) is 8.23. The van der Waals surface area contributed by atoms with Gasteiger partial charge in [-0.15, -0.1) is 0 Å². The first kappa shape index (κ1) is 16.2. The molecule has 4 heteroatoms. The molecule has 3 rings (SSSR count). The fourth-order valence-electron chi connectivity index (χ4n) is 3.20. The predicted molar refractivity (Wildman–Crippen MR) is 93.1 cm³/mol. The Labute approximate surface area is 142 Å². The fourth-order valence-corrected chi connectivity index (χ4v) is 3.20. The van der Waals surface area contributed by atoms with Crippen molar-refractivity contribution in [3.63, 3.8) is 0 Å². The molecule has 1 aliphatic rings. The van der Waals surface area contributed by atoms with Crippen molar-refractivity contribution in [1.29, 1.82) is 0 Å². The minimum atomic E-state index is -0.250. The van der Waals surface area contributed by atoms with Crippen LogP contribution in [0.2, 0.25) is 0 Å². The van der Waals surface area contributed by atoms with E-state index in [0.29, 0.717) is 6.54 Å². The summed E-state index contributed by atoms with van der Waals surface area (Å²) in [5.41, 5.74) is 3.58. The van der Waals surface area contributed by atoms with E-state index in [1.165, 1.54) is 7.11 Å². The third kappa shape index (κ3) is 2.92. The summed E-state index contributed by atoms with van der Waals surface area (Å²) in [6.45, 7) is 2.63. The maximum atomic E-state index is 12.5. The van der Waals surface area contributed by atoms with Crippen LogP contribution in [0.4, 0.5) is 5.69 Å². The van der Waals surface area contributed by atoms with Crippen LogP contribution >= 0.6 is 0 Å². The Kier molecular flexibility index (Phi) is 4.65. The van der Waals surface area contributed by atoms with E-state index in [2.05, 4.69) is 0 Å². The molecule has 2 aromatic carbocycles. The summed E-state index contributed by atoms with van der Waals surface area (Å²) in [4.78, 5) is 26.2. The number of hydrogen-bond donors (Lipinski definition) is 0. The van der Waals surface area contributed by atoms with Crippen LogP contribution in [-0.2, 0) is 16.1 Å². The number of amides is 1.